The predicted octanol–water partition coefficient (Wildman–Crippen LogP) is 5.13. The van der Waals surface area contributed by atoms with Gasteiger partial charge in [-0.05, 0) is 42.0 Å². The summed E-state index contributed by atoms with van der Waals surface area (Å²) in [5.74, 6) is 2.24. The minimum Gasteiger partial charge on any atom is -0.485 e. The fourth-order valence-electron chi connectivity index (χ4n) is 3.17. The maximum absolute atomic E-state index is 12.4. The van der Waals surface area contributed by atoms with Gasteiger partial charge in [-0.25, -0.2) is 0 Å². The van der Waals surface area contributed by atoms with E-state index in [0.717, 1.165) is 11.3 Å². The number of aromatic nitrogens is 2. The molecule has 1 aliphatic rings. The van der Waals surface area contributed by atoms with Crippen molar-refractivity contribution in [2.75, 3.05) is 11.9 Å². The lowest BCUT2D eigenvalue weighted by Crippen LogP contribution is -2.21. The standard InChI is InChI=1S/C24H19N3O4S/c28-22(25-18-6-2-1-3-7-18)17-12-10-16(11-13-17)15-32-24-27-26-23(31-24)21-14-29-19-8-4-5-9-20(19)30-21/h1-13,21H,14-15H2,(H,25,28)/t21-/m1/s1. The second kappa shape index (κ2) is 9.15. The van der Waals surface area contributed by atoms with Crippen LogP contribution in [0.4, 0.5) is 5.69 Å². The van der Waals surface area contributed by atoms with Gasteiger partial charge in [0.05, 0.1) is 0 Å². The molecule has 0 radical (unpaired) electrons. The van der Waals surface area contributed by atoms with Gasteiger partial charge < -0.3 is 19.2 Å². The summed E-state index contributed by atoms with van der Waals surface area (Å²) in [6, 6.07) is 24.3. The van der Waals surface area contributed by atoms with E-state index in [9.17, 15) is 4.79 Å². The molecule has 5 rings (SSSR count). The molecule has 0 unspecified atom stereocenters. The number of para-hydroxylation sites is 3. The van der Waals surface area contributed by atoms with Crippen molar-refractivity contribution in [1.82, 2.24) is 10.2 Å². The Morgan fingerprint density at radius 2 is 1.69 bits per heavy atom. The minimum absolute atomic E-state index is 0.145. The molecule has 32 heavy (non-hydrogen) atoms. The first kappa shape index (κ1) is 20.1. The first-order chi connectivity index (χ1) is 15.7. The summed E-state index contributed by atoms with van der Waals surface area (Å²) in [4.78, 5) is 12.4. The van der Waals surface area contributed by atoms with Gasteiger partial charge in [0, 0.05) is 17.0 Å². The molecule has 1 atom stereocenters. The number of benzene rings is 3. The fraction of sp³-hybridized carbons (Fsp3) is 0.125. The summed E-state index contributed by atoms with van der Waals surface area (Å²) in [5, 5.41) is 11.5. The number of rotatable bonds is 6. The zero-order valence-corrected chi connectivity index (χ0v) is 17.7. The number of fused-ring (bicyclic) bond motifs is 1. The number of anilines is 1. The van der Waals surface area contributed by atoms with Crippen molar-refractivity contribution in [3.63, 3.8) is 0 Å². The lowest BCUT2D eigenvalue weighted by molar-refractivity contribution is 0.0686. The zero-order chi connectivity index (χ0) is 21.8. The molecule has 0 saturated heterocycles. The SMILES string of the molecule is O=C(Nc1ccccc1)c1ccc(CSc2nnc([C@H]3COc4ccccc4O3)o2)cc1. The monoisotopic (exact) mass is 445 g/mol. The number of carbonyl (C=O) groups is 1. The third-order valence-electron chi connectivity index (χ3n) is 4.82. The van der Waals surface area contributed by atoms with E-state index in [-0.39, 0.29) is 5.91 Å². The summed E-state index contributed by atoms with van der Waals surface area (Å²) in [5.41, 5.74) is 2.40. The summed E-state index contributed by atoms with van der Waals surface area (Å²) < 4.78 is 17.4. The van der Waals surface area contributed by atoms with Crippen molar-refractivity contribution in [2.45, 2.75) is 17.1 Å². The predicted molar refractivity (Wildman–Crippen MR) is 120 cm³/mol. The van der Waals surface area contributed by atoms with E-state index >= 15 is 0 Å². The van der Waals surface area contributed by atoms with Gasteiger partial charge in [0.25, 0.3) is 17.0 Å². The maximum Gasteiger partial charge on any atom is 0.277 e. The number of ether oxygens (including phenoxy) is 2. The largest absolute Gasteiger partial charge is 0.485 e. The van der Waals surface area contributed by atoms with Crippen molar-refractivity contribution in [2.24, 2.45) is 0 Å². The van der Waals surface area contributed by atoms with Crippen LogP contribution in [0.3, 0.4) is 0 Å². The van der Waals surface area contributed by atoms with Gasteiger partial charge in [-0.1, -0.05) is 54.2 Å². The summed E-state index contributed by atoms with van der Waals surface area (Å²) in [7, 11) is 0. The Morgan fingerprint density at radius 1 is 0.938 bits per heavy atom. The summed E-state index contributed by atoms with van der Waals surface area (Å²) >= 11 is 1.42. The van der Waals surface area contributed by atoms with E-state index < -0.39 is 6.10 Å². The molecule has 1 aromatic heterocycles. The molecule has 3 aromatic carbocycles. The van der Waals surface area contributed by atoms with E-state index in [4.69, 9.17) is 13.9 Å². The molecule has 4 aromatic rings. The average molecular weight is 446 g/mol. The lowest BCUT2D eigenvalue weighted by atomic mass is 10.1. The maximum atomic E-state index is 12.4. The number of hydrogen-bond donors (Lipinski definition) is 1. The Kier molecular flexibility index (Phi) is 5.76. The Bertz CT molecular complexity index is 1210. The number of nitrogens with zero attached hydrogens (tertiary/aromatic N) is 2. The van der Waals surface area contributed by atoms with Crippen molar-refractivity contribution >= 4 is 23.4 Å². The van der Waals surface area contributed by atoms with Crippen LogP contribution >= 0.6 is 11.8 Å². The Balaban J connectivity index is 1.16. The lowest BCUT2D eigenvalue weighted by Gasteiger charge is -2.23. The van der Waals surface area contributed by atoms with Crippen molar-refractivity contribution in [3.8, 4) is 11.5 Å². The summed E-state index contributed by atoms with van der Waals surface area (Å²) in [6.45, 7) is 0.315. The first-order valence-corrected chi connectivity index (χ1v) is 11.0. The van der Waals surface area contributed by atoms with E-state index in [0.29, 0.717) is 40.5 Å². The molecule has 2 heterocycles. The molecule has 1 amide bonds. The third-order valence-corrected chi connectivity index (χ3v) is 5.71. The molecule has 0 bridgehead atoms. The van der Waals surface area contributed by atoms with E-state index in [1.54, 1.807) is 12.1 Å². The average Bonchev–Trinajstić information content (AvgIpc) is 3.32. The second-order valence-electron chi connectivity index (χ2n) is 7.08. The summed E-state index contributed by atoms with van der Waals surface area (Å²) in [6.07, 6.45) is -0.436. The van der Waals surface area contributed by atoms with Gasteiger partial charge in [-0.2, -0.15) is 0 Å². The number of amides is 1. The topological polar surface area (TPSA) is 86.5 Å². The highest BCUT2D eigenvalue weighted by Gasteiger charge is 2.27. The van der Waals surface area contributed by atoms with Crippen LogP contribution in [-0.2, 0) is 5.75 Å². The number of thioether (sulfide) groups is 1. The van der Waals surface area contributed by atoms with Crippen LogP contribution in [0, 0.1) is 0 Å². The molecule has 0 spiro atoms. The van der Waals surface area contributed by atoms with Crippen LogP contribution in [-0.4, -0.2) is 22.7 Å². The van der Waals surface area contributed by atoms with E-state index in [1.165, 1.54) is 11.8 Å². The van der Waals surface area contributed by atoms with E-state index in [2.05, 4.69) is 15.5 Å². The van der Waals surface area contributed by atoms with Gasteiger partial charge in [0.2, 0.25) is 6.10 Å². The van der Waals surface area contributed by atoms with Crippen molar-refractivity contribution < 1.29 is 18.7 Å². The molecule has 0 aliphatic carbocycles. The Labute approximate surface area is 188 Å². The Morgan fingerprint density at radius 3 is 2.50 bits per heavy atom. The molecule has 1 N–H and O–H groups in total. The van der Waals surface area contributed by atoms with Crippen LogP contribution in [0.25, 0.3) is 0 Å². The van der Waals surface area contributed by atoms with Gasteiger partial charge >= 0.3 is 0 Å². The van der Waals surface area contributed by atoms with Crippen LogP contribution in [0.5, 0.6) is 11.5 Å². The third kappa shape index (κ3) is 4.60. The van der Waals surface area contributed by atoms with Gasteiger partial charge in [0.15, 0.2) is 11.5 Å². The number of nitrogens with one attached hydrogen (secondary N) is 1. The quantitative estimate of drug-likeness (QED) is 0.412. The highest BCUT2D eigenvalue weighted by Crippen LogP contribution is 2.36. The van der Waals surface area contributed by atoms with Crippen LogP contribution in [0.2, 0.25) is 0 Å². The normalized spacial score (nSPS) is 14.7. The highest BCUT2D eigenvalue weighted by molar-refractivity contribution is 7.98. The molecule has 0 fully saturated rings. The first-order valence-electron chi connectivity index (χ1n) is 10.0. The van der Waals surface area contributed by atoms with Gasteiger partial charge in [-0.15, -0.1) is 10.2 Å². The van der Waals surface area contributed by atoms with Crippen LogP contribution < -0.4 is 14.8 Å². The van der Waals surface area contributed by atoms with Gasteiger partial charge in [0.1, 0.15) is 6.61 Å². The zero-order valence-electron chi connectivity index (χ0n) is 16.9. The molecule has 7 nitrogen and oxygen atoms in total. The van der Waals surface area contributed by atoms with E-state index in [1.807, 2.05) is 66.7 Å². The molecule has 160 valence electrons. The van der Waals surface area contributed by atoms with Crippen molar-refractivity contribution in [3.05, 3.63) is 95.9 Å². The van der Waals surface area contributed by atoms with Crippen LogP contribution in [0.15, 0.2) is 88.5 Å². The fourth-order valence-corrected chi connectivity index (χ4v) is 3.90. The second-order valence-corrected chi connectivity index (χ2v) is 8.00. The molecule has 1 aliphatic heterocycles. The molecule has 8 heteroatoms. The molecular weight excluding hydrogens is 426 g/mol. The number of hydrogen-bond acceptors (Lipinski definition) is 7. The number of carbonyl (C=O) groups excluding carboxylic acids is 1. The van der Waals surface area contributed by atoms with Crippen LogP contribution in [0.1, 0.15) is 27.9 Å². The van der Waals surface area contributed by atoms with Crippen molar-refractivity contribution in [1.29, 1.82) is 0 Å². The minimum atomic E-state index is -0.436. The molecule has 0 saturated carbocycles. The Hall–Kier alpha value is -3.78. The smallest absolute Gasteiger partial charge is 0.277 e. The molecular formula is C24H19N3O4S. The van der Waals surface area contributed by atoms with Gasteiger partial charge in [-0.3, -0.25) is 4.79 Å². The highest BCUT2D eigenvalue weighted by atomic mass is 32.2.